The molecule has 0 radical (unpaired) electrons. The first-order valence-corrected chi connectivity index (χ1v) is 8.24. The Kier molecular flexibility index (Phi) is 2.84. The third kappa shape index (κ3) is 2.00. The summed E-state index contributed by atoms with van der Waals surface area (Å²) in [7, 11) is 0. The van der Waals surface area contributed by atoms with Gasteiger partial charge in [0, 0.05) is 6.61 Å². The van der Waals surface area contributed by atoms with E-state index in [1.807, 2.05) is 0 Å². The van der Waals surface area contributed by atoms with Gasteiger partial charge in [0.05, 0.1) is 13.2 Å². The number of fused-ring (bicyclic) bond motifs is 4. The Hall–Kier alpha value is -1.42. The van der Waals surface area contributed by atoms with Crippen molar-refractivity contribution < 1.29 is 14.2 Å². The zero-order chi connectivity index (χ0) is 14.6. The predicted octanol–water partition coefficient (Wildman–Crippen LogP) is 2.90. The molecule has 0 aromatic heterocycles. The number of epoxide rings is 2. The molecule has 3 unspecified atom stereocenters. The average molecular weight is 296 g/mol. The van der Waals surface area contributed by atoms with Gasteiger partial charge < -0.3 is 14.2 Å². The smallest absolute Gasteiger partial charge is 0.121 e. The fourth-order valence-electron chi connectivity index (χ4n) is 3.94. The van der Waals surface area contributed by atoms with Crippen molar-refractivity contribution in [2.24, 2.45) is 0 Å². The number of ether oxygens (including phenoxy) is 3. The molecule has 3 nitrogen and oxygen atoms in total. The maximum atomic E-state index is 6.13. The monoisotopic (exact) mass is 296 g/mol. The van der Waals surface area contributed by atoms with Crippen LogP contribution in [0.1, 0.15) is 24.0 Å². The summed E-state index contributed by atoms with van der Waals surface area (Å²) >= 11 is 0. The van der Waals surface area contributed by atoms with Crippen molar-refractivity contribution in [3.63, 3.8) is 0 Å². The molecule has 1 aromatic carbocycles. The molecule has 2 heterocycles. The normalized spacial score (nSPS) is 33.5. The molecule has 3 atom stereocenters. The minimum Gasteiger partial charge on any atom is -0.379 e. The van der Waals surface area contributed by atoms with Crippen molar-refractivity contribution in [2.45, 2.75) is 37.1 Å². The molecule has 2 aliphatic heterocycles. The lowest BCUT2D eigenvalue weighted by Gasteiger charge is -2.18. The molecule has 0 bridgehead atoms. The Bertz CT molecular complexity index is 671. The fourth-order valence-corrected chi connectivity index (χ4v) is 3.94. The number of allylic oxidation sites excluding steroid dienone is 2. The van der Waals surface area contributed by atoms with E-state index in [4.69, 9.17) is 14.2 Å². The number of benzene rings is 1. The van der Waals surface area contributed by atoms with Crippen molar-refractivity contribution >= 4 is 5.57 Å². The Morgan fingerprint density at radius 3 is 3.09 bits per heavy atom. The van der Waals surface area contributed by atoms with Crippen molar-refractivity contribution in [2.75, 3.05) is 19.8 Å². The van der Waals surface area contributed by atoms with Crippen molar-refractivity contribution in [3.05, 3.63) is 53.1 Å². The van der Waals surface area contributed by atoms with Gasteiger partial charge >= 0.3 is 0 Å². The second-order valence-electron chi connectivity index (χ2n) is 6.65. The highest BCUT2D eigenvalue weighted by molar-refractivity contribution is 5.86. The van der Waals surface area contributed by atoms with Crippen LogP contribution in [-0.4, -0.2) is 37.6 Å². The van der Waals surface area contributed by atoms with Crippen LogP contribution in [0, 0.1) is 0 Å². The second-order valence-corrected chi connectivity index (χ2v) is 6.65. The first kappa shape index (κ1) is 13.1. The number of hydrogen-bond acceptors (Lipinski definition) is 3. The van der Waals surface area contributed by atoms with Gasteiger partial charge in [0.15, 0.2) is 0 Å². The van der Waals surface area contributed by atoms with Gasteiger partial charge in [0.25, 0.3) is 0 Å². The standard InChI is InChI=1S/C19H20O3/c1-2-5-15-13(4-1)10-17-16(15)6-7-18-19(17,22-18)8-3-9-20-11-14-12-21-14/h1-2,4-7,14,18H,3,8-12H2. The SMILES string of the molecule is C1=CC2OC2(CCCOCC2CO2)C2=C1c1ccccc1C2. The third-order valence-corrected chi connectivity index (χ3v) is 5.23. The summed E-state index contributed by atoms with van der Waals surface area (Å²) in [6.07, 6.45) is 8.29. The lowest BCUT2D eigenvalue weighted by molar-refractivity contribution is 0.109. The Balaban J connectivity index is 1.29. The largest absolute Gasteiger partial charge is 0.379 e. The Morgan fingerprint density at radius 2 is 2.18 bits per heavy atom. The Labute approximate surface area is 130 Å². The molecule has 4 aliphatic rings. The van der Waals surface area contributed by atoms with Gasteiger partial charge in [-0.3, -0.25) is 0 Å². The van der Waals surface area contributed by atoms with Gasteiger partial charge in [-0.25, -0.2) is 0 Å². The molecule has 0 saturated carbocycles. The molecule has 3 heteroatoms. The molecule has 22 heavy (non-hydrogen) atoms. The van der Waals surface area contributed by atoms with Crippen molar-refractivity contribution in [3.8, 4) is 0 Å². The van der Waals surface area contributed by atoms with E-state index in [0.717, 1.165) is 39.1 Å². The van der Waals surface area contributed by atoms with E-state index in [-0.39, 0.29) is 11.7 Å². The van der Waals surface area contributed by atoms with Crippen LogP contribution in [0.3, 0.4) is 0 Å². The van der Waals surface area contributed by atoms with Crippen molar-refractivity contribution in [1.82, 2.24) is 0 Å². The summed E-state index contributed by atoms with van der Waals surface area (Å²) in [5, 5.41) is 0. The summed E-state index contributed by atoms with van der Waals surface area (Å²) in [4.78, 5) is 0. The molecule has 2 fully saturated rings. The minimum absolute atomic E-state index is 0.0391. The number of hydrogen-bond donors (Lipinski definition) is 0. The van der Waals surface area contributed by atoms with Gasteiger partial charge in [0.1, 0.15) is 17.8 Å². The lowest BCUT2D eigenvalue weighted by Crippen LogP contribution is -2.21. The molecule has 0 amide bonds. The molecule has 1 aromatic rings. The van der Waals surface area contributed by atoms with Crippen LogP contribution >= 0.6 is 0 Å². The van der Waals surface area contributed by atoms with Gasteiger partial charge in [-0.2, -0.15) is 0 Å². The van der Waals surface area contributed by atoms with Crippen LogP contribution in [0.4, 0.5) is 0 Å². The molecular weight excluding hydrogens is 276 g/mol. The summed E-state index contributed by atoms with van der Waals surface area (Å²) in [5.41, 5.74) is 5.69. The van der Waals surface area contributed by atoms with E-state index in [1.54, 1.807) is 0 Å². The third-order valence-electron chi connectivity index (χ3n) is 5.23. The van der Waals surface area contributed by atoms with E-state index < -0.39 is 0 Å². The Morgan fingerprint density at radius 1 is 1.27 bits per heavy atom. The first-order valence-electron chi connectivity index (χ1n) is 8.24. The topological polar surface area (TPSA) is 34.3 Å². The molecule has 0 N–H and O–H groups in total. The second kappa shape index (κ2) is 4.79. The van der Waals surface area contributed by atoms with Crippen LogP contribution in [0.2, 0.25) is 0 Å². The zero-order valence-corrected chi connectivity index (χ0v) is 12.6. The van der Waals surface area contributed by atoms with Gasteiger partial charge in [-0.1, -0.05) is 36.4 Å². The molecule has 0 spiro atoms. The predicted molar refractivity (Wildman–Crippen MR) is 83.6 cm³/mol. The molecule has 114 valence electrons. The van der Waals surface area contributed by atoms with Crippen LogP contribution < -0.4 is 0 Å². The molecule has 5 rings (SSSR count). The lowest BCUT2D eigenvalue weighted by atomic mass is 9.84. The van der Waals surface area contributed by atoms with Gasteiger partial charge in [-0.15, -0.1) is 0 Å². The summed E-state index contributed by atoms with van der Waals surface area (Å²) in [6.45, 7) is 2.42. The highest BCUT2D eigenvalue weighted by Gasteiger charge is 2.59. The zero-order valence-electron chi connectivity index (χ0n) is 12.6. The maximum Gasteiger partial charge on any atom is 0.121 e. The van der Waals surface area contributed by atoms with E-state index in [1.165, 1.54) is 22.3 Å². The van der Waals surface area contributed by atoms with Crippen LogP contribution in [-0.2, 0) is 20.6 Å². The first-order chi connectivity index (χ1) is 10.9. The fraction of sp³-hybridized carbons (Fsp3) is 0.474. The average Bonchev–Trinajstić information content (AvgIpc) is 3.44. The minimum atomic E-state index is -0.0391. The maximum absolute atomic E-state index is 6.13. The molecule has 2 aliphatic carbocycles. The highest BCUT2D eigenvalue weighted by atomic mass is 16.6. The van der Waals surface area contributed by atoms with E-state index in [9.17, 15) is 0 Å². The van der Waals surface area contributed by atoms with Gasteiger partial charge in [0.2, 0.25) is 0 Å². The highest BCUT2D eigenvalue weighted by Crippen LogP contribution is 2.56. The van der Waals surface area contributed by atoms with Gasteiger partial charge in [-0.05, 0) is 41.5 Å². The van der Waals surface area contributed by atoms with E-state index in [2.05, 4.69) is 36.4 Å². The quantitative estimate of drug-likeness (QED) is 0.598. The van der Waals surface area contributed by atoms with E-state index in [0.29, 0.717) is 6.10 Å². The number of rotatable bonds is 6. The molecular formula is C19H20O3. The van der Waals surface area contributed by atoms with Crippen LogP contribution in [0.25, 0.3) is 5.57 Å². The summed E-state index contributed by atoms with van der Waals surface area (Å²) in [5.74, 6) is 0. The summed E-state index contributed by atoms with van der Waals surface area (Å²) < 4.78 is 17.0. The van der Waals surface area contributed by atoms with Crippen LogP contribution in [0.15, 0.2) is 42.0 Å². The van der Waals surface area contributed by atoms with Crippen molar-refractivity contribution in [1.29, 1.82) is 0 Å². The summed E-state index contributed by atoms with van der Waals surface area (Å²) in [6, 6.07) is 8.73. The van der Waals surface area contributed by atoms with Crippen LogP contribution in [0.5, 0.6) is 0 Å². The molecule has 2 saturated heterocycles. The van der Waals surface area contributed by atoms with E-state index >= 15 is 0 Å².